The molecule has 0 aromatic heterocycles. The van der Waals surface area contributed by atoms with E-state index in [0.29, 0.717) is 6.42 Å². The predicted octanol–water partition coefficient (Wildman–Crippen LogP) is 1.23. The van der Waals surface area contributed by atoms with Gasteiger partial charge in [-0.15, -0.1) is 0 Å². The first-order valence-electron chi connectivity index (χ1n) is 11.1. The largest absolute Gasteiger partial charge is 0.383 e. The molecule has 0 unspecified atom stereocenters. The van der Waals surface area contributed by atoms with E-state index in [1.54, 1.807) is 0 Å². The van der Waals surface area contributed by atoms with Crippen LogP contribution in [0.1, 0.15) is 39.2 Å². The van der Waals surface area contributed by atoms with Crippen LogP contribution in [0.25, 0.3) is 0 Å². The van der Waals surface area contributed by atoms with Crippen LogP contribution in [0.5, 0.6) is 0 Å². The molecule has 8 nitrogen and oxygen atoms in total. The lowest BCUT2D eigenvalue weighted by atomic mass is 9.92. The van der Waals surface area contributed by atoms with Crippen molar-refractivity contribution in [1.82, 2.24) is 16.0 Å². The summed E-state index contributed by atoms with van der Waals surface area (Å²) in [5.74, 6) is -0.784. The summed E-state index contributed by atoms with van der Waals surface area (Å²) in [6.45, 7) is 5.93. The zero-order chi connectivity index (χ0) is 23.7. The molecule has 3 N–H and O–H groups in total. The van der Waals surface area contributed by atoms with Crippen molar-refractivity contribution >= 4 is 17.6 Å². The number of Topliss-reactive ketones (excluding diaryl/α,β-unsaturated/α-hetero) is 1. The smallest absolute Gasteiger partial charge is 0.245 e. The van der Waals surface area contributed by atoms with Crippen molar-refractivity contribution in [2.45, 2.75) is 64.2 Å². The van der Waals surface area contributed by atoms with Gasteiger partial charge in [-0.1, -0.05) is 51.1 Å². The zero-order valence-corrected chi connectivity index (χ0v) is 19.8. The molecule has 0 bridgehead atoms. The number of hydrogen-bond donors (Lipinski definition) is 3. The SMILES string of the molecule is COC[C@H](NC(=O)[C@H](COC)NC(C)C)C(=O)N[C@@H](Cc1ccccc1)C(=O)C1(C)CC1. The second-order valence-corrected chi connectivity index (χ2v) is 9.02. The van der Waals surface area contributed by atoms with Crippen LogP contribution in [0.3, 0.4) is 0 Å². The maximum Gasteiger partial charge on any atom is 0.245 e. The molecule has 32 heavy (non-hydrogen) atoms. The average molecular weight is 448 g/mol. The average Bonchev–Trinajstić information content (AvgIpc) is 3.51. The Kier molecular flexibility index (Phi) is 9.81. The monoisotopic (exact) mass is 447 g/mol. The number of nitrogens with one attached hydrogen (secondary N) is 3. The van der Waals surface area contributed by atoms with Crippen LogP contribution in [0.4, 0.5) is 0 Å². The Morgan fingerprint density at radius 1 is 0.906 bits per heavy atom. The lowest BCUT2D eigenvalue weighted by molar-refractivity contribution is -0.134. The van der Waals surface area contributed by atoms with Gasteiger partial charge >= 0.3 is 0 Å². The molecule has 1 fully saturated rings. The van der Waals surface area contributed by atoms with E-state index >= 15 is 0 Å². The van der Waals surface area contributed by atoms with Gasteiger partial charge in [0.15, 0.2) is 5.78 Å². The maximum absolute atomic E-state index is 13.1. The first-order chi connectivity index (χ1) is 15.2. The van der Waals surface area contributed by atoms with Gasteiger partial charge in [-0.3, -0.25) is 14.4 Å². The van der Waals surface area contributed by atoms with Crippen LogP contribution in [0, 0.1) is 5.41 Å². The van der Waals surface area contributed by atoms with Gasteiger partial charge in [-0.05, 0) is 24.8 Å². The van der Waals surface area contributed by atoms with E-state index < -0.39 is 29.4 Å². The zero-order valence-electron chi connectivity index (χ0n) is 19.8. The lowest BCUT2D eigenvalue weighted by Crippen LogP contribution is -2.58. The highest BCUT2D eigenvalue weighted by atomic mass is 16.5. The fourth-order valence-electron chi connectivity index (χ4n) is 3.58. The first kappa shape index (κ1) is 26.0. The highest BCUT2D eigenvalue weighted by Crippen LogP contribution is 2.46. The van der Waals surface area contributed by atoms with Gasteiger partial charge in [-0.2, -0.15) is 0 Å². The fraction of sp³-hybridized carbons (Fsp3) is 0.625. The van der Waals surface area contributed by atoms with E-state index in [1.807, 2.05) is 51.1 Å². The standard InChI is InChI=1S/C24H37N3O5/c1-16(2)25-19(14-31-4)22(29)27-20(15-32-5)23(30)26-18(21(28)24(3)11-12-24)13-17-9-7-6-8-10-17/h6-10,16,18-20,25H,11-15H2,1-5H3,(H,26,30)(H,27,29)/t18-,19-,20-/m0/s1. The molecule has 1 aromatic carbocycles. The Bertz CT molecular complexity index is 764. The summed E-state index contributed by atoms with van der Waals surface area (Å²) in [7, 11) is 2.98. The number of carbonyl (C=O) groups excluding carboxylic acids is 3. The first-order valence-corrected chi connectivity index (χ1v) is 11.1. The summed E-state index contributed by atoms with van der Waals surface area (Å²) in [5.41, 5.74) is 0.571. The molecule has 1 aromatic rings. The van der Waals surface area contributed by atoms with E-state index in [1.165, 1.54) is 14.2 Å². The molecule has 3 atom stereocenters. The van der Waals surface area contributed by atoms with E-state index in [4.69, 9.17) is 9.47 Å². The number of hydrogen-bond acceptors (Lipinski definition) is 6. The number of amides is 2. The molecule has 2 rings (SSSR count). The molecule has 0 heterocycles. The van der Waals surface area contributed by atoms with E-state index in [2.05, 4.69) is 16.0 Å². The number of benzene rings is 1. The molecule has 0 aliphatic heterocycles. The van der Waals surface area contributed by atoms with Crippen molar-refractivity contribution in [2.24, 2.45) is 5.41 Å². The number of methoxy groups -OCH3 is 2. The Hall–Kier alpha value is -2.29. The third-order valence-electron chi connectivity index (χ3n) is 5.66. The molecule has 2 amide bonds. The van der Waals surface area contributed by atoms with E-state index in [9.17, 15) is 14.4 Å². The topological polar surface area (TPSA) is 106 Å². The molecule has 0 radical (unpaired) electrons. The Morgan fingerprint density at radius 3 is 1.97 bits per heavy atom. The normalized spacial score (nSPS) is 17.3. The Labute approximate surface area is 190 Å². The minimum Gasteiger partial charge on any atom is -0.383 e. The summed E-state index contributed by atoms with van der Waals surface area (Å²) >= 11 is 0. The summed E-state index contributed by atoms with van der Waals surface area (Å²) in [6.07, 6.45) is 2.05. The second-order valence-electron chi connectivity index (χ2n) is 9.02. The van der Waals surface area contributed by atoms with Crippen LogP contribution >= 0.6 is 0 Å². The van der Waals surface area contributed by atoms with Crippen molar-refractivity contribution < 1.29 is 23.9 Å². The second kappa shape index (κ2) is 12.1. The molecule has 1 aliphatic carbocycles. The van der Waals surface area contributed by atoms with Gasteiger partial charge in [0.05, 0.1) is 19.3 Å². The highest BCUT2D eigenvalue weighted by molar-refractivity contribution is 5.97. The van der Waals surface area contributed by atoms with Gasteiger partial charge in [0.25, 0.3) is 0 Å². The molecule has 8 heteroatoms. The van der Waals surface area contributed by atoms with Crippen LogP contribution in [0.15, 0.2) is 30.3 Å². The predicted molar refractivity (Wildman–Crippen MR) is 122 cm³/mol. The molecule has 0 saturated heterocycles. The van der Waals surface area contributed by atoms with E-state index in [-0.39, 0.29) is 30.9 Å². The van der Waals surface area contributed by atoms with Crippen LogP contribution < -0.4 is 16.0 Å². The third-order valence-corrected chi connectivity index (χ3v) is 5.66. The van der Waals surface area contributed by atoms with Gasteiger partial charge < -0.3 is 25.4 Å². The van der Waals surface area contributed by atoms with Crippen molar-refractivity contribution in [1.29, 1.82) is 0 Å². The molecular weight excluding hydrogens is 410 g/mol. The quantitative estimate of drug-likeness (QED) is 0.396. The molecule has 1 aliphatic rings. The maximum atomic E-state index is 13.1. The van der Waals surface area contributed by atoms with E-state index in [0.717, 1.165) is 18.4 Å². The number of ketones is 1. The summed E-state index contributed by atoms with van der Waals surface area (Å²) in [4.78, 5) is 39.0. The molecular formula is C24H37N3O5. The molecule has 178 valence electrons. The van der Waals surface area contributed by atoms with Crippen LogP contribution in [0.2, 0.25) is 0 Å². The lowest BCUT2D eigenvalue weighted by Gasteiger charge is -2.26. The fourth-order valence-corrected chi connectivity index (χ4v) is 3.58. The van der Waals surface area contributed by atoms with Gasteiger partial charge in [0, 0.05) is 25.7 Å². The number of carbonyl (C=O) groups is 3. The van der Waals surface area contributed by atoms with Gasteiger partial charge in [-0.25, -0.2) is 0 Å². The Morgan fingerprint density at radius 2 is 1.44 bits per heavy atom. The number of ether oxygens (including phenoxy) is 2. The van der Waals surface area contributed by atoms with Crippen molar-refractivity contribution in [3.8, 4) is 0 Å². The van der Waals surface area contributed by atoms with Crippen molar-refractivity contribution in [3.05, 3.63) is 35.9 Å². The van der Waals surface area contributed by atoms with Gasteiger partial charge in [0.1, 0.15) is 12.1 Å². The van der Waals surface area contributed by atoms with Crippen molar-refractivity contribution in [3.63, 3.8) is 0 Å². The number of rotatable bonds is 14. The van der Waals surface area contributed by atoms with Gasteiger partial charge in [0.2, 0.25) is 11.8 Å². The molecule has 1 saturated carbocycles. The van der Waals surface area contributed by atoms with Crippen molar-refractivity contribution in [2.75, 3.05) is 27.4 Å². The minimum atomic E-state index is -0.932. The van der Waals surface area contributed by atoms with Crippen LogP contribution in [-0.2, 0) is 30.3 Å². The summed E-state index contributed by atoms with van der Waals surface area (Å²) < 4.78 is 10.3. The molecule has 0 spiro atoms. The summed E-state index contributed by atoms with van der Waals surface area (Å²) in [6, 6.07) is 7.43. The third kappa shape index (κ3) is 7.69. The Balaban J connectivity index is 2.12. The highest BCUT2D eigenvalue weighted by Gasteiger charge is 2.48. The van der Waals surface area contributed by atoms with Crippen LogP contribution in [-0.4, -0.2) is 69.2 Å². The summed E-state index contributed by atoms with van der Waals surface area (Å²) in [5, 5.41) is 8.74. The minimum absolute atomic E-state index is 0.0114.